The second-order valence-electron chi connectivity index (χ2n) is 2.92. The van der Waals surface area contributed by atoms with Gasteiger partial charge in [-0.15, -0.1) is 0 Å². The molecule has 0 fully saturated rings. The Hall–Kier alpha value is -1.73. The van der Waals surface area contributed by atoms with Crippen molar-refractivity contribution in [2.45, 2.75) is 0 Å². The van der Waals surface area contributed by atoms with Crippen LogP contribution in [0.1, 0.15) is 5.56 Å². The maximum Gasteiger partial charge on any atom is 0.106 e. The van der Waals surface area contributed by atoms with Crippen molar-refractivity contribution < 1.29 is 0 Å². The molecule has 0 radical (unpaired) electrons. The van der Waals surface area contributed by atoms with Crippen molar-refractivity contribution in [3.05, 3.63) is 46.8 Å². The maximum absolute atomic E-state index is 8.74. The Balaban J connectivity index is 2.50. The molecule has 0 aromatic carbocycles. The average Bonchev–Trinajstić information content (AvgIpc) is 2.29. The highest BCUT2D eigenvalue weighted by atomic mass is 79.9. The summed E-state index contributed by atoms with van der Waals surface area (Å²) in [4.78, 5) is 8.27. The Morgan fingerprint density at radius 3 is 2.87 bits per heavy atom. The molecule has 0 bridgehead atoms. The van der Waals surface area contributed by atoms with E-state index in [2.05, 4.69) is 25.9 Å². The highest BCUT2D eigenvalue weighted by Gasteiger charge is 2.01. The molecule has 2 heterocycles. The number of nitriles is 1. The standard InChI is InChI=1S/C11H6BrN3/c12-11-3-1-2-10(15-11)9-4-8(5-13)6-14-7-9/h1-4,6-7H. The molecule has 72 valence electrons. The van der Waals surface area contributed by atoms with Gasteiger partial charge in [0.05, 0.1) is 11.3 Å². The summed E-state index contributed by atoms with van der Waals surface area (Å²) in [6, 6.07) is 9.44. The first-order chi connectivity index (χ1) is 7.29. The summed E-state index contributed by atoms with van der Waals surface area (Å²) in [6.07, 6.45) is 3.22. The van der Waals surface area contributed by atoms with Crippen molar-refractivity contribution in [1.29, 1.82) is 5.26 Å². The zero-order chi connectivity index (χ0) is 10.7. The van der Waals surface area contributed by atoms with Crippen LogP contribution in [0.4, 0.5) is 0 Å². The first-order valence-electron chi connectivity index (χ1n) is 4.27. The zero-order valence-corrected chi connectivity index (χ0v) is 9.27. The lowest BCUT2D eigenvalue weighted by molar-refractivity contribution is 1.24. The van der Waals surface area contributed by atoms with Crippen molar-refractivity contribution in [1.82, 2.24) is 9.97 Å². The SMILES string of the molecule is N#Cc1cncc(-c2cccc(Br)n2)c1. The molecule has 0 N–H and O–H groups in total. The van der Waals surface area contributed by atoms with Gasteiger partial charge in [0.2, 0.25) is 0 Å². The Labute approximate surface area is 95.6 Å². The van der Waals surface area contributed by atoms with Crippen LogP contribution in [-0.2, 0) is 0 Å². The van der Waals surface area contributed by atoms with Crippen LogP contribution in [0.25, 0.3) is 11.3 Å². The van der Waals surface area contributed by atoms with Crippen LogP contribution in [0.15, 0.2) is 41.3 Å². The first-order valence-corrected chi connectivity index (χ1v) is 5.07. The summed E-state index contributed by atoms with van der Waals surface area (Å²) in [6.45, 7) is 0. The lowest BCUT2D eigenvalue weighted by Crippen LogP contribution is -1.86. The van der Waals surface area contributed by atoms with Crippen molar-refractivity contribution in [2.24, 2.45) is 0 Å². The van der Waals surface area contributed by atoms with Gasteiger partial charge in [0.15, 0.2) is 0 Å². The molecule has 0 saturated heterocycles. The van der Waals surface area contributed by atoms with Gasteiger partial charge in [0, 0.05) is 18.0 Å². The van der Waals surface area contributed by atoms with E-state index in [-0.39, 0.29) is 0 Å². The first kappa shape index (κ1) is 9.81. The lowest BCUT2D eigenvalue weighted by Gasteiger charge is -2.00. The van der Waals surface area contributed by atoms with Gasteiger partial charge in [-0.1, -0.05) is 6.07 Å². The van der Waals surface area contributed by atoms with E-state index < -0.39 is 0 Å². The average molecular weight is 260 g/mol. The minimum atomic E-state index is 0.536. The molecule has 3 nitrogen and oxygen atoms in total. The molecule has 0 spiro atoms. The summed E-state index contributed by atoms with van der Waals surface area (Å²) < 4.78 is 0.766. The monoisotopic (exact) mass is 259 g/mol. The second-order valence-corrected chi connectivity index (χ2v) is 3.73. The molecule has 0 unspecified atom stereocenters. The molecule has 0 saturated carbocycles. The fourth-order valence-corrected chi connectivity index (χ4v) is 1.55. The molecule has 2 aromatic heterocycles. The van der Waals surface area contributed by atoms with Crippen molar-refractivity contribution >= 4 is 15.9 Å². The summed E-state index contributed by atoms with van der Waals surface area (Å²) in [5.74, 6) is 0. The number of aromatic nitrogens is 2. The van der Waals surface area contributed by atoms with Gasteiger partial charge < -0.3 is 0 Å². The van der Waals surface area contributed by atoms with E-state index >= 15 is 0 Å². The Morgan fingerprint density at radius 2 is 2.13 bits per heavy atom. The summed E-state index contributed by atoms with van der Waals surface area (Å²) >= 11 is 3.30. The molecule has 15 heavy (non-hydrogen) atoms. The third kappa shape index (κ3) is 2.20. The number of rotatable bonds is 1. The predicted molar refractivity (Wildman–Crippen MR) is 59.9 cm³/mol. The molecular weight excluding hydrogens is 254 g/mol. The van der Waals surface area contributed by atoms with Crippen LogP contribution >= 0.6 is 15.9 Å². The van der Waals surface area contributed by atoms with Gasteiger partial charge in [-0.05, 0) is 34.1 Å². The van der Waals surface area contributed by atoms with Crippen molar-refractivity contribution in [3.8, 4) is 17.3 Å². The molecule has 4 heteroatoms. The van der Waals surface area contributed by atoms with E-state index in [0.29, 0.717) is 5.56 Å². The number of halogens is 1. The van der Waals surface area contributed by atoms with Crippen molar-refractivity contribution in [3.63, 3.8) is 0 Å². The molecular formula is C11H6BrN3. The maximum atomic E-state index is 8.74. The van der Waals surface area contributed by atoms with E-state index in [1.54, 1.807) is 12.3 Å². The molecule has 0 atom stereocenters. The summed E-state index contributed by atoms with van der Waals surface area (Å²) in [7, 11) is 0. The quantitative estimate of drug-likeness (QED) is 0.741. The van der Waals surface area contributed by atoms with E-state index in [9.17, 15) is 0 Å². The van der Waals surface area contributed by atoms with Gasteiger partial charge in [0.1, 0.15) is 10.7 Å². The smallest absolute Gasteiger partial charge is 0.106 e. The Kier molecular flexibility index (Phi) is 2.75. The normalized spacial score (nSPS) is 9.60. The van der Waals surface area contributed by atoms with Gasteiger partial charge in [0.25, 0.3) is 0 Å². The van der Waals surface area contributed by atoms with Crippen LogP contribution < -0.4 is 0 Å². The largest absolute Gasteiger partial charge is 0.263 e. The minimum absolute atomic E-state index is 0.536. The number of pyridine rings is 2. The van der Waals surface area contributed by atoms with Crippen LogP contribution in [-0.4, -0.2) is 9.97 Å². The third-order valence-corrected chi connectivity index (χ3v) is 2.32. The molecule has 0 aliphatic rings. The van der Waals surface area contributed by atoms with E-state index in [0.717, 1.165) is 15.9 Å². The Bertz CT molecular complexity index is 531. The highest BCUT2D eigenvalue weighted by Crippen LogP contribution is 2.18. The fourth-order valence-electron chi connectivity index (χ4n) is 1.21. The highest BCUT2D eigenvalue weighted by molar-refractivity contribution is 9.10. The molecule has 2 aromatic rings. The van der Waals surface area contributed by atoms with Crippen LogP contribution in [0, 0.1) is 11.3 Å². The fraction of sp³-hybridized carbons (Fsp3) is 0. The second kappa shape index (κ2) is 4.20. The third-order valence-electron chi connectivity index (χ3n) is 1.88. The van der Waals surface area contributed by atoms with E-state index in [4.69, 9.17) is 5.26 Å². The van der Waals surface area contributed by atoms with Gasteiger partial charge in [-0.2, -0.15) is 5.26 Å². The van der Waals surface area contributed by atoms with Gasteiger partial charge in [-0.3, -0.25) is 4.98 Å². The van der Waals surface area contributed by atoms with E-state index in [1.165, 1.54) is 6.20 Å². The Morgan fingerprint density at radius 1 is 1.27 bits per heavy atom. The van der Waals surface area contributed by atoms with Crippen LogP contribution in [0.3, 0.4) is 0 Å². The van der Waals surface area contributed by atoms with E-state index in [1.807, 2.05) is 24.3 Å². The van der Waals surface area contributed by atoms with Crippen LogP contribution in [0.5, 0.6) is 0 Å². The molecule has 0 amide bonds. The number of nitrogens with zero attached hydrogens (tertiary/aromatic N) is 3. The summed E-state index contributed by atoms with van der Waals surface area (Å²) in [5, 5.41) is 8.74. The lowest BCUT2D eigenvalue weighted by atomic mass is 10.1. The van der Waals surface area contributed by atoms with Crippen LogP contribution in [0.2, 0.25) is 0 Å². The van der Waals surface area contributed by atoms with Gasteiger partial charge >= 0.3 is 0 Å². The topological polar surface area (TPSA) is 49.6 Å². The number of hydrogen-bond donors (Lipinski definition) is 0. The molecule has 2 rings (SSSR count). The summed E-state index contributed by atoms with van der Waals surface area (Å²) in [5.41, 5.74) is 2.18. The van der Waals surface area contributed by atoms with Crippen molar-refractivity contribution in [2.75, 3.05) is 0 Å². The number of hydrogen-bond acceptors (Lipinski definition) is 3. The van der Waals surface area contributed by atoms with Gasteiger partial charge in [-0.25, -0.2) is 4.98 Å². The zero-order valence-electron chi connectivity index (χ0n) is 7.68. The minimum Gasteiger partial charge on any atom is -0.263 e. The predicted octanol–water partition coefficient (Wildman–Crippen LogP) is 2.78. The molecule has 0 aliphatic carbocycles. The molecule has 0 aliphatic heterocycles.